The maximum Gasteiger partial charge on any atom is 0.235 e. The second-order valence-electron chi connectivity index (χ2n) is 4.91. The third-order valence-electron chi connectivity index (χ3n) is 3.36. The van der Waals surface area contributed by atoms with Crippen molar-refractivity contribution in [3.05, 3.63) is 46.6 Å². The Bertz CT molecular complexity index is 942. The van der Waals surface area contributed by atoms with Crippen LogP contribution in [0, 0.1) is 0 Å². The summed E-state index contributed by atoms with van der Waals surface area (Å²) in [6.45, 7) is 1.99. The smallest absolute Gasteiger partial charge is 0.235 e. The molecular weight excluding hydrogens is 300 g/mol. The number of aromatic hydroxyl groups is 3. The molecule has 3 aromatic rings. The molecule has 2 aromatic carbocycles. The Kier molecular flexibility index (Phi) is 3.57. The molecule has 0 atom stereocenters. The van der Waals surface area contributed by atoms with Gasteiger partial charge in [-0.05, 0) is 37.3 Å². The topological polar surface area (TPSA) is 100 Å². The summed E-state index contributed by atoms with van der Waals surface area (Å²) < 4.78 is 11.1. The summed E-state index contributed by atoms with van der Waals surface area (Å²) in [6.07, 6.45) is 0. The first-order valence-corrected chi connectivity index (χ1v) is 6.96. The zero-order valence-electron chi connectivity index (χ0n) is 12.2. The predicted octanol–water partition coefficient (Wildman–Crippen LogP) is 2.98. The highest BCUT2D eigenvalue weighted by Crippen LogP contribution is 2.36. The zero-order chi connectivity index (χ0) is 16.6. The van der Waals surface area contributed by atoms with Crippen LogP contribution in [0.25, 0.3) is 22.3 Å². The Morgan fingerprint density at radius 1 is 1.04 bits per heavy atom. The molecule has 0 aliphatic heterocycles. The van der Waals surface area contributed by atoms with Gasteiger partial charge in [-0.3, -0.25) is 4.79 Å². The van der Waals surface area contributed by atoms with Crippen molar-refractivity contribution in [3.63, 3.8) is 0 Å². The van der Waals surface area contributed by atoms with E-state index in [1.807, 2.05) is 0 Å². The lowest BCUT2D eigenvalue weighted by atomic mass is 10.1. The number of benzene rings is 2. The van der Waals surface area contributed by atoms with Crippen molar-refractivity contribution in [2.45, 2.75) is 6.92 Å². The Balaban J connectivity index is 2.35. The van der Waals surface area contributed by atoms with Crippen LogP contribution in [0.5, 0.6) is 23.0 Å². The standard InChI is InChI=1S/C17H14O6/c1-2-22-17-15(21)11-5-4-10(18)8-14(11)23-16(17)9-3-6-12(19)13(20)7-9/h3-8,18-20H,2H2,1H3. The normalized spacial score (nSPS) is 10.8. The molecule has 1 heterocycles. The van der Waals surface area contributed by atoms with Crippen LogP contribution in [0.15, 0.2) is 45.6 Å². The molecule has 0 aliphatic rings. The zero-order valence-corrected chi connectivity index (χ0v) is 12.2. The van der Waals surface area contributed by atoms with E-state index in [4.69, 9.17) is 9.15 Å². The molecule has 3 N–H and O–H groups in total. The van der Waals surface area contributed by atoms with Gasteiger partial charge in [-0.2, -0.15) is 0 Å². The molecule has 0 bridgehead atoms. The number of phenolic OH excluding ortho intramolecular Hbond substituents is 3. The van der Waals surface area contributed by atoms with Gasteiger partial charge in [0, 0.05) is 11.6 Å². The SMILES string of the molecule is CCOc1c(-c2ccc(O)c(O)c2)oc2cc(O)ccc2c1=O. The number of phenols is 3. The molecule has 0 fully saturated rings. The van der Waals surface area contributed by atoms with Crippen LogP contribution in [0.1, 0.15) is 6.92 Å². The van der Waals surface area contributed by atoms with Crippen LogP contribution in [0.3, 0.4) is 0 Å². The largest absolute Gasteiger partial charge is 0.508 e. The first-order valence-electron chi connectivity index (χ1n) is 6.96. The van der Waals surface area contributed by atoms with Gasteiger partial charge in [0.25, 0.3) is 0 Å². The summed E-state index contributed by atoms with van der Waals surface area (Å²) >= 11 is 0. The van der Waals surface area contributed by atoms with E-state index in [1.54, 1.807) is 6.92 Å². The van der Waals surface area contributed by atoms with E-state index in [0.717, 1.165) is 0 Å². The van der Waals surface area contributed by atoms with E-state index in [2.05, 4.69) is 0 Å². The molecule has 0 aliphatic carbocycles. The third kappa shape index (κ3) is 2.55. The first kappa shape index (κ1) is 14.8. The van der Waals surface area contributed by atoms with Gasteiger partial charge < -0.3 is 24.5 Å². The lowest BCUT2D eigenvalue weighted by Gasteiger charge is -2.11. The van der Waals surface area contributed by atoms with Gasteiger partial charge in [-0.15, -0.1) is 0 Å². The minimum atomic E-state index is -0.379. The molecule has 118 valence electrons. The van der Waals surface area contributed by atoms with Crippen LogP contribution in [0.2, 0.25) is 0 Å². The maximum absolute atomic E-state index is 12.6. The van der Waals surface area contributed by atoms with E-state index in [-0.39, 0.29) is 51.8 Å². The van der Waals surface area contributed by atoms with E-state index < -0.39 is 0 Å². The van der Waals surface area contributed by atoms with Gasteiger partial charge in [0.2, 0.25) is 11.2 Å². The number of rotatable bonds is 3. The van der Waals surface area contributed by atoms with Crippen LogP contribution in [-0.4, -0.2) is 21.9 Å². The summed E-state index contributed by atoms with van der Waals surface area (Å²) in [5.41, 5.74) is 0.183. The molecule has 1 aromatic heterocycles. The molecule has 0 radical (unpaired) electrons. The Morgan fingerprint density at radius 3 is 2.52 bits per heavy atom. The average Bonchev–Trinajstić information content (AvgIpc) is 2.52. The Labute approximate surface area is 130 Å². The highest BCUT2D eigenvalue weighted by molar-refractivity contribution is 5.83. The molecule has 0 saturated heterocycles. The molecule has 0 spiro atoms. The quantitative estimate of drug-likeness (QED) is 0.643. The minimum Gasteiger partial charge on any atom is -0.508 e. The number of fused-ring (bicyclic) bond motifs is 1. The lowest BCUT2D eigenvalue weighted by molar-refractivity contribution is 0.330. The van der Waals surface area contributed by atoms with Gasteiger partial charge in [0.05, 0.1) is 12.0 Å². The summed E-state index contributed by atoms with van der Waals surface area (Å²) in [5, 5.41) is 28.9. The second kappa shape index (κ2) is 5.57. The van der Waals surface area contributed by atoms with Crippen molar-refractivity contribution in [2.24, 2.45) is 0 Å². The van der Waals surface area contributed by atoms with E-state index in [1.165, 1.54) is 36.4 Å². The Morgan fingerprint density at radius 2 is 1.83 bits per heavy atom. The Hall–Kier alpha value is -3.15. The fraction of sp³-hybridized carbons (Fsp3) is 0.118. The van der Waals surface area contributed by atoms with Crippen LogP contribution in [0.4, 0.5) is 0 Å². The molecule has 23 heavy (non-hydrogen) atoms. The number of ether oxygens (including phenoxy) is 1. The van der Waals surface area contributed by atoms with Gasteiger partial charge >= 0.3 is 0 Å². The van der Waals surface area contributed by atoms with Crippen molar-refractivity contribution < 1.29 is 24.5 Å². The van der Waals surface area contributed by atoms with Crippen LogP contribution < -0.4 is 10.2 Å². The van der Waals surface area contributed by atoms with Crippen LogP contribution >= 0.6 is 0 Å². The monoisotopic (exact) mass is 314 g/mol. The molecule has 6 heteroatoms. The van der Waals surface area contributed by atoms with E-state index in [0.29, 0.717) is 5.56 Å². The number of hydrogen-bond donors (Lipinski definition) is 3. The number of hydrogen-bond acceptors (Lipinski definition) is 6. The van der Waals surface area contributed by atoms with Crippen molar-refractivity contribution in [1.82, 2.24) is 0 Å². The highest BCUT2D eigenvalue weighted by atomic mass is 16.5. The molecule has 0 unspecified atom stereocenters. The van der Waals surface area contributed by atoms with Crippen molar-refractivity contribution >= 4 is 11.0 Å². The van der Waals surface area contributed by atoms with Gasteiger partial charge in [0.15, 0.2) is 17.3 Å². The molecule has 0 amide bonds. The molecule has 6 nitrogen and oxygen atoms in total. The highest BCUT2D eigenvalue weighted by Gasteiger charge is 2.18. The summed E-state index contributed by atoms with van der Waals surface area (Å²) in [6, 6.07) is 8.22. The van der Waals surface area contributed by atoms with Crippen LogP contribution in [-0.2, 0) is 0 Å². The second-order valence-corrected chi connectivity index (χ2v) is 4.91. The summed E-state index contributed by atoms with van der Waals surface area (Å²) in [4.78, 5) is 12.6. The van der Waals surface area contributed by atoms with Gasteiger partial charge in [0.1, 0.15) is 11.3 Å². The minimum absolute atomic E-state index is 0.00998. The third-order valence-corrected chi connectivity index (χ3v) is 3.36. The van der Waals surface area contributed by atoms with Crippen molar-refractivity contribution in [3.8, 4) is 34.3 Å². The molecule has 0 saturated carbocycles. The van der Waals surface area contributed by atoms with E-state index >= 15 is 0 Å². The lowest BCUT2D eigenvalue weighted by Crippen LogP contribution is -2.09. The average molecular weight is 314 g/mol. The predicted molar refractivity (Wildman–Crippen MR) is 84.1 cm³/mol. The maximum atomic E-state index is 12.6. The van der Waals surface area contributed by atoms with Gasteiger partial charge in [-0.1, -0.05) is 0 Å². The summed E-state index contributed by atoms with van der Waals surface area (Å²) in [7, 11) is 0. The summed E-state index contributed by atoms with van der Waals surface area (Å²) in [5.74, 6) is -0.540. The first-order chi connectivity index (χ1) is 11.0. The van der Waals surface area contributed by atoms with Gasteiger partial charge in [-0.25, -0.2) is 0 Å². The van der Waals surface area contributed by atoms with E-state index in [9.17, 15) is 20.1 Å². The molecular formula is C17H14O6. The fourth-order valence-corrected chi connectivity index (χ4v) is 2.29. The molecule has 3 rings (SSSR count). The van der Waals surface area contributed by atoms with Crippen molar-refractivity contribution in [1.29, 1.82) is 0 Å². The van der Waals surface area contributed by atoms with Crippen molar-refractivity contribution in [2.75, 3.05) is 6.61 Å². The fourth-order valence-electron chi connectivity index (χ4n) is 2.29.